The number of allylic oxidation sites excluding steroid dienone is 2. The van der Waals surface area contributed by atoms with Gasteiger partial charge in [0.15, 0.2) is 0 Å². The molecule has 0 atom stereocenters. The summed E-state index contributed by atoms with van der Waals surface area (Å²) in [4.78, 5) is 23.7. The molecule has 7 heteroatoms. The van der Waals surface area contributed by atoms with Crippen molar-refractivity contribution < 1.29 is 22.8 Å². The van der Waals surface area contributed by atoms with E-state index in [0.29, 0.717) is 24.8 Å². The Hall–Kier alpha value is -2.31. The zero-order chi connectivity index (χ0) is 17.7. The molecule has 1 aromatic rings. The van der Waals surface area contributed by atoms with Gasteiger partial charge in [-0.2, -0.15) is 13.2 Å². The van der Waals surface area contributed by atoms with Crippen molar-refractivity contribution in [2.24, 2.45) is 0 Å². The van der Waals surface area contributed by atoms with Gasteiger partial charge in [-0.25, -0.2) is 0 Å². The summed E-state index contributed by atoms with van der Waals surface area (Å²) < 4.78 is 38.2. The minimum Gasteiger partial charge on any atom is -0.302 e. The Balaban J connectivity index is 2.15. The standard InChI is InChI=1S/C17H19F3N2O2/c1-11-6-5-7-12(10-11)16(24)22-21-14-9-4-2-3-8-13(14)15(23)17(18,19)20/h5-7,10,21H,2-4,8-9H2,1H3,(H,22,24). The molecule has 4 nitrogen and oxygen atoms in total. The van der Waals surface area contributed by atoms with Gasteiger partial charge in [0.05, 0.1) is 0 Å². The molecule has 0 fully saturated rings. The summed E-state index contributed by atoms with van der Waals surface area (Å²) >= 11 is 0. The summed E-state index contributed by atoms with van der Waals surface area (Å²) in [7, 11) is 0. The first-order valence-corrected chi connectivity index (χ1v) is 7.75. The van der Waals surface area contributed by atoms with E-state index in [2.05, 4.69) is 10.9 Å². The lowest BCUT2D eigenvalue weighted by molar-refractivity contribution is -0.166. The third-order valence-corrected chi connectivity index (χ3v) is 3.86. The third kappa shape index (κ3) is 4.59. The highest BCUT2D eigenvalue weighted by atomic mass is 19.4. The summed E-state index contributed by atoms with van der Waals surface area (Å²) in [6.45, 7) is 1.83. The Morgan fingerprint density at radius 2 is 1.79 bits per heavy atom. The number of Topliss-reactive ketones (excluding diaryl/α,β-unsaturated/α-hetero) is 1. The van der Waals surface area contributed by atoms with Crippen LogP contribution in [0.2, 0.25) is 0 Å². The zero-order valence-corrected chi connectivity index (χ0v) is 13.3. The van der Waals surface area contributed by atoms with Crippen molar-refractivity contribution in [3.8, 4) is 0 Å². The summed E-state index contributed by atoms with van der Waals surface area (Å²) in [5.74, 6) is -2.30. The average Bonchev–Trinajstić information content (AvgIpc) is 2.76. The molecule has 1 amide bonds. The Morgan fingerprint density at radius 3 is 2.46 bits per heavy atom. The van der Waals surface area contributed by atoms with Gasteiger partial charge in [0.25, 0.3) is 11.7 Å². The maximum Gasteiger partial charge on any atom is 0.454 e. The molecule has 1 aromatic carbocycles. The Labute approximate surface area is 138 Å². The fourth-order valence-electron chi connectivity index (χ4n) is 2.63. The molecule has 0 saturated heterocycles. The van der Waals surface area contributed by atoms with Crippen LogP contribution in [-0.2, 0) is 4.79 Å². The lowest BCUT2D eigenvalue weighted by atomic mass is 10.0. The monoisotopic (exact) mass is 340 g/mol. The largest absolute Gasteiger partial charge is 0.454 e. The summed E-state index contributed by atoms with van der Waals surface area (Å²) in [6, 6.07) is 6.82. The van der Waals surface area contributed by atoms with Gasteiger partial charge in [0.1, 0.15) is 0 Å². The maximum atomic E-state index is 12.7. The Kier molecular flexibility index (Phi) is 5.64. The number of halogens is 3. The van der Waals surface area contributed by atoms with Crippen LogP contribution in [0.15, 0.2) is 35.5 Å². The van der Waals surface area contributed by atoms with Gasteiger partial charge < -0.3 is 5.43 Å². The van der Waals surface area contributed by atoms with E-state index < -0.39 is 17.9 Å². The molecule has 0 spiro atoms. The van der Waals surface area contributed by atoms with Crippen LogP contribution < -0.4 is 10.9 Å². The highest BCUT2D eigenvalue weighted by Gasteiger charge is 2.41. The molecule has 24 heavy (non-hydrogen) atoms. The number of rotatable bonds is 4. The first kappa shape index (κ1) is 18.0. The van der Waals surface area contributed by atoms with Crippen LogP contribution in [0.1, 0.15) is 48.0 Å². The number of hydrogen-bond donors (Lipinski definition) is 2. The van der Waals surface area contributed by atoms with Crippen molar-refractivity contribution in [1.82, 2.24) is 10.9 Å². The number of carbonyl (C=O) groups excluding carboxylic acids is 2. The van der Waals surface area contributed by atoms with E-state index in [1.807, 2.05) is 13.0 Å². The minimum absolute atomic E-state index is 0.0565. The van der Waals surface area contributed by atoms with Crippen molar-refractivity contribution in [2.75, 3.05) is 0 Å². The molecular formula is C17H19F3N2O2. The number of benzene rings is 1. The van der Waals surface area contributed by atoms with E-state index in [1.165, 1.54) is 0 Å². The van der Waals surface area contributed by atoms with Gasteiger partial charge >= 0.3 is 6.18 Å². The number of amides is 1. The van der Waals surface area contributed by atoms with E-state index in [0.717, 1.165) is 12.0 Å². The second kappa shape index (κ2) is 7.51. The maximum absolute atomic E-state index is 12.7. The fourth-order valence-corrected chi connectivity index (χ4v) is 2.63. The quantitative estimate of drug-likeness (QED) is 0.824. The second-order valence-electron chi connectivity index (χ2n) is 5.79. The molecule has 130 valence electrons. The van der Waals surface area contributed by atoms with Gasteiger partial charge in [-0.05, 0) is 44.7 Å². The number of hydrogen-bond acceptors (Lipinski definition) is 3. The van der Waals surface area contributed by atoms with Crippen LogP contribution in [0.3, 0.4) is 0 Å². The van der Waals surface area contributed by atoms with Crippen molar-refractivity contribution >= 4 is 11.7 Å². The van der Waals surface area contributed by atoms with Crippen molar-refractivity contribution in [3.05, 3.63) is 46.7 Å². The highest BCUT2D eigenvalue weighted by molar-refractivity contribution is 6.00. The molecule has 0 aliphatic heterocycles. The molecule has 0 radical (unpaired) electrons. The van der Waals surface area contributed by atoms with Crippen molar-refractivity contribution in [3.63, 3.8) is 0 Å². The Morgan fingerprint density at radius 1 is 1.08 bits per heavy atom. The molecule has 2 N–H and O–H groups in total. The summed E-state index contributed by atoms with van der Waals surface area (Å²) in [6.07, 6.45) is -2.63. The van der Waals surface area contributed by atoms with Gasteiger partial charge in [0.2, 0.25) is 0 Å². The Bertz CT molecular complexity index is 666. The van der Waals surface area contributed by atoms with Crippen molar-refractivity contribution in [2.45, 2.75) is 45.2 Å². The van der Waals surface area contributed by atoms with Gasteiger partial charge in [-0.15, -0.1) is 0 Å². The topological polar surface area (TPSA) is 58.2 Å². The van der Waals surface area contributed by atoms with Crippen LogP contribution in [0, 0.1) is 6.92 Å². The van der Waals surface area contributed by atoms with E-state index in [4.69, 9.17) is 0 Å². The molecule has 1 aliphatic rings. The molecule has 2 rings (SSSR count). The van der Waals surface area contributed by atoms with Crippen LogP contribution >= 0.6 is 0 Å². The number of hydrazine groups is 1. The molecular weight excluding hydrogens is 321 g/mol. The summed E-state index contributed by atoms with van der Waals surface area (Å²) in [5.41, 5.74) is 6.08. The number of ketones is 1. The number of aryl methyl sites for hydroxylation is 1. The molecule has 0 bridgehead atoms. The SMILES string of the molecule is Cc1cccc(C(=O)NNC2=C(C(=O)C(F)(F)F)CCCCC2)c1. The summed E-state index contributed by atoms with van der Waals surface area (Å²) in [5, 5.41) is 0. The number of carbonyl (C=O) groups is 2. The first-order chi connectivity index (χ1) is 11.3. The highest BCUT2D eigenvalue weighted by Crippen LogP contribution is 2.29. The third-order valence-electron chi connectivity index (χ3n) is 3.86. The van der Waals surface area contributed by atoms with E-state index in [1.54, 1.807) is 18.2 Å². The predicted molar refractivity (Wildman–Crippen MR) is 83.0 cm³/mol. The van der Waals surface area contributed by atoms with Crippen LogP contribution in [-0.4, -0.2) is 17.9 Å². The lowest BCUT2D eigenvalue weighted by Gasteiger charge is -2.16. The minimum atomic E-state index is -4.91. The lowest BCUT2D eigenvalue weighted by Crippen LogP contribution is -2.38. The number of nitrogens with one attached hydrogen (secondary N) is 2. The van der Waals surface area contributed by atoms with E-state index in [-0.39, 0.29) is 17.7 Å². The van der Waals surface area contributed by atoms with Crippen LogP contribution in [0.25, 0.3) is 0 Å². The average molecular weight is 340 g/mol. The van der Waals surface area contributed by atoms with Gasteiger partial charge in [-0.1, -0.05) is 24.1 Å². The molecule has 0 saturated carbocycles. The smallest absolute Gasteiger partial charge is 0.302 e. The van der Waals surface area contributed by atoms with Gasteiger partial charge in [0, 0.05) is 16.8 Å². The van der Waals surface area contributed by atoms with Gasteiger partial charge in [-0.3, -0.25) is 15.0 Å². The molecule has 1 aliphatic carbocycles. The van der Waals surface area contributed by atoms with Crippen LogP contribution in [0.4, 0.5) is 13.2 Å². The predicted octanol–water partition coefficient (Wildman–Crippen LogP) is 3.58. The zero-order valence-electron chi connectivity index (χ0n) is 13.3. The second-order valence-corrected chi connectivity index (χ2v) is 5.79. The molecule has 0 aromatic heterocycles. The fraction of sp³-hybridized carbons (Fsp3) is 0.412. The van der Waals surface area contributed by atoms with E-state index >= 15 is 0 Å². The normalized spacial score (nSPS) is 15.7. The molecule has 0 heterocycles. The first-order valence-electron chi connectivity index (χ1n) is 7.75. The van der Waals surface area contributed by atoms with Crippen LogP contribution in [0.5, 0.6) is 0 Å². The molecule has 0 unspecified atom stereocenters. The van der Waals surface area contributed by atoms with Crippen molar-refractivity contribution in [1.29, 1.82) is 0 Å². The number of alkyl halides is 3. The van der Waals surface area contributed by atoms with E-state index in [9.17, 15) is 22.8 Å².